The SMILES string of the molecule is CCSc1nnc(SCc2cc(=O)n3cccc(C)c3n2)s1. The van der Waals surface area contributed by atoms with Crippen molar-refractivity contribution in [3.05, 3.63) is 46.0 Å². The van der Waals surface area contributed by atoms with Crippen LogP contribution in [0, 0.1) is 6.92 Å². The summed E-state index contributed by atoms with van der Waals surface area (Å²) in [6.45, 7) is 4.05. The summed E-state index contributed by atoms with van der Waals surface area (Å²) in [5.41, 5.74) is 2.42. The number of fused-ring (bicyclic) bond motifs is 1. The Labute approximate surface area is 140 Å². The molecule has 5 nitrogen and oxygen atoms in total. The Balaban J connectivity index is 1.81. The maximum atomic E-state index is 12.1. The van der Waals surface area contributed by atoms with Crippen LogP contribution in [0.15, 0.2) is 37.9 Å². The van der Waals surface area contributed by atoms with Crippen LogP contribution in [-0.2, 0) is 5.75 Å². The Morgan fingerprint density at radius 3 is 2.82 bits per heavy atom. The van der Waals surface area contributed by atoms with Crippen LogP contribution in [0.2, 0.25) is 0 Å². The van der Waals surface area contributed by atoms with Gasteiger partial charge in [0.25, 0.3) is 5.56 Å². The third-order valence-electron chi connectivity index (χ3n) is 2.94. The Hall–Kier alpha value is -1.38. The van der Waals surface area contributed by atoms with E-state index < -0.39 is 0 Å². The van der Waals surface area contributed by atoms with Crippen molar-refractivity contribution in [2.24, 2.45) is 0 Å². The Morgan fingerprint density at radius 2 is 2.05 bits per heavy atom. The molecule has 0 aliphatic carbocycles. The van der Waals surface area contributed by atoms with E-state index in [-0.39, 0.29) is 5.56 Å². The van der Waals surface area contributed by atoms with Gasteiger partial charge in [0.15, 0.2) is 8.68 Å². The molecule has 3 heterocycles. The fourth-order valence-corrected chi connectivity index (χ4v) is 4.77. The van der Waals surface area contributed by atoms with Crippen LogP contribution in [0.3, 0.4) is 0 Å². The topological polar surface area (TPSA) is 60.2 Å². The molecule has 0 unspecified atom stereocenters. The molecule has 0 spiro atoms. The number of thioether (sulfide) groups is 2. The zero-order chi connectivity index (χ0) is 15.5. The first-order valence-corrected chi connectivity index (χ1v) is 9.53. The van der Waals surface area contributed by atoms with E-state index in [9.17, 15) is 4.79 Å². The lowest BCUT2D eigenvalue weighted by atomic mass is 10.3. The normalized spacial score (nSPS) is 11.2. The van der Waals surface area contributed by atoms with Crippen molar-refractivity contribution in [2.75, 3.05) is 5.75 Å². The van der Waals surface area contributed by atoms with Crippen LogP contribution >= 0.6 is 34.9 Å². The predicted octanol–water partition coefficient (Wildman–Crippen LogP) is 3.26. The molecule has 3 aromatic heterocycles. The molecular formula is C14H14N4OS3. The van der Waals surface area contributed by atoms with Crippen LogP contribution in [0.4, 0.5) is 0 Å². The van der Waals surface area contributed by atoms with Crippen molar-refractivity contribution in [3.8, 4) is 0 Å². The summed E-state index contributed by atoms with van der Waals surface area (Å²) >= 11 is 4.83. The number of hydrogen-bond donors (Lipinski definition) is 0. The first kappa shape index (κ1) is 15.5. The van der Waals surface area contributed by atoms with E-state index in [1.807, 2.05) is 19.1 Å². The molecule has 0 N–H and O–H groups in total. The van der Waals surface area contributed by atoms with Crippen LogP contribution in [-0.4, -0.2) is 25.3 Å². The average Bonchev–Trinajstić information content (AvgIpc) is 2.94. The minimum Gasteiger partial charge on any atom is -0.269 e. The molecule has 0 amide bonds. The van der Waals surface area contributed by atoms with Gasteiger partial charge in [-0.05, 0) is 24.3 Å². The van der Waals surface area contributed by atoms with E-state index in [1.165, 1.54) is 0 Å². The van der Waals surface area contributed by atoms with Crippen molar-refractivity contribution >= 4 is 40.5 Å². The number of aromatic nitrogens is 4. The van der Waals surface area contributed by atoms with Crippen LogP contribution < -0.4 is 5.56 Å². The zero-order valence-electron chi connectivity index (χ0n) is 12.1. The molecule has 114 valence electrons. The molecule has 0 bridgehead atoms. The smallest absolute Gasteiger partial charge is 0.258 e. The molecular weight excluding hydrogens is 336 g/mol. The molecule has 0 aromatic carbocycles. The lowest BCUT2D eigenvalue weighted by molar-refractivity contribution is 0.953. The number of nitrogens with zero attached hydrogens (tertiary/aromatic N) is 4. The summed E-state index contributed by atoms with van der Waals surface area (Å²) in [5, 5.41) is 8.28. The van der Waals surface area contributed by atoms with E-state index in [0.29, 0.717) is 11.4 Å². The van der Waals surface area contributed by atoms with E-state index in [1.54, 1.807) is 51.5 Å². The lowest BCUT2D eigenvalue weighted by Gasteiger charge is -2.05. The van der Waals surface area contributed by atoms with Gasteiger partial charge in [-0.1, -0.05) is 47.9 Å². The van der Waals surface area contributed by atoms with Gasteiger partial charge < -0.3 is 0 Å². The van der Waals surface area contributed by atoms with Gasteiger partial charge in [-0.25, -0.2) is 4.98 Å². The first-order chi connectivity index (χ1) is 10.7. The van der Waals surface area contributed by atoms with Gasteiger partial charge in [0.2, 0.25) is 0 Å². The average molecular weight is 350 g/mol. The van der Waals surface area contributed by atoms with Crippen molar-refractivity contribution in [2.45, 2.75) is 28.3 Å². The number of pyridine rings is 1. The summed E-state index contributed by atoms with van der Waals surface area (Å²) in [7, 11) is 0. The highest BCUT2D eigenvalue weighted by atomic mass is 32.2. The molecule has 3 rings (SSSR count). The highest BCUT2D eigenvalue weighted by Gasteiger charge is 2.08. The van der Waals surface area contributed by atoms with Gasteiger partial charge in [0.05, 0.1) is 5.69 Å². The van der Waals surface area contributed by atoms with Crippen molar-refractivity contribution in [1.82, 2.24) is 19.6 Å². The van der Waals surface area contributed by atoms with E-state index in [0.717, 1.165) is 25.7 Å². The minimum absolute atomic E-state index is 0.0520. The Bertz CT molecular complexity index is 859. The standard InChI is InChI=1S/C14H14N4OS3/c1-3-20-13-16-17-14(22-13)21-8-10-7-11(19)18-6-4-5-9(2)12(18)15-10/h4-7H,3,8H2,1-2H3. The van der Waals surface area contributed by atoms with Crippen molar-refractivity contribution in [3.63, 3.8) is 0 Å². The second-order valence-electron chi connectivity index (χ2n) is 4.53. The Kier molecular flexibility index (Phi) is 4.80. The molecule has 0 saturated heterocycles. The van der Waals surface area contributed by atoms with Gasteiger partial charge >= 0.3 is 0 Å². The van der Waals surface area contributed by atoms with Crippen LogP contribution in [0.5, 0.6) is 0 Å². The van der Waals surface area contributed by atoms with Gasteiger partial charge in [-0.3, -0.25) is 9.20 Å². The second-order valence-corrected chi connectivity index (χ2v) is 8.24. The fourth-order valence-electron chi connectivity index (χ4n) is 1.96. The maximum absolute atomic E-state index is 12.1. The molecule has 22 heavy (non-hydrogen) atoms. The molecule has 0 fully saturated rings. The summed E-state index contributed by atoms with van der Waals surface area (Å²) in [6, 6.07) is 5.40. The maximum Gasteiger partial charge on any atom is 0.258 e. The first-order valence-electron chi connectivity index (χ1n) is 6.74. The van der Waals surface area contributed by atoms with Crippen molar-refractivity contribution < 1.29 is 0 Å². The summed E-state index contributed by atoms with van der Waals surface area (Å²) in [4.78, 5) is 16.7. The van der Waals surface area contributed by atoms with Gasteiger partial charge in [-0.15, -0.1) is 10.2 Å². The number of rotatable bonds is 5. The van der Waals surface area contributed by atoms with Gasteiger partial charge in [0, 0.05) is 18.0 Å². The zero-order valence-corrected chi connectivity index (χ0v) is 14.6. The Morgan fingerprint density at radius 1 is 1.27 bits per heavy atom. The molecule has 8 heteroatoms. The molecule has 0 atom stereocenters. The molecule has 0 aliphatic rings. The van der Waals surface area contributed by atoms with Gasteiger partial charge in [0.1, 0.15) is 5.65 Å². The summed E-state index contributed by atoms with van der Waals surface area (Å²) < 4.78 is 3.46. The number of hydrogen-bond acceptors (Lipinski definition) is 7. The van der Waals surface area contributed by atoms with E-state index >= 15 is 0 Å². The highest BCUT2D eigenvalue weighted by molar-refractivity contribution is 8.02. The molecule has 0 saturated carbocycles. The van der Waals surface area contributed by atoms with E-state index in [4.69, 9.17) is 0 Å². The summed E-state index contributed by atoms with van der Waals surface area (Å²) in [6.07, 6.45) is 1.74. The molecule has 0 radical (unpaired) electrons. The second kappa shape index (κ2) is 6.80. The lowest BCUT2D eigenvalue weighted by Crippen LogP contribution is -2.15. The highest BCUT2D eigenvalue weighted by Crippen LogP contribution is 2.30. The third kappa shape index (κ3) is 3.34. The monoisotopic (exact) mass is 350 g/mol. The quantitative estimate of drug-likeness (QED) is 0.658. The van der Waals surface area contributed by atoms with Crippen molar-refractivity contribution in [1.29, 1.82) is 0 Å². The van der Waals surface area contributed by atoms with Gasteiger partial charge in [-0.2, -0.15) is 0 Å². The summed E-state index contributed by atoms with van der Waals surface area (Å²) in [5.74, 6) is 1.60. The fraction of sp³-hybridized carbons (Fsp3) is 0.286. The largest absolute Gasteiger partial charge is 0.269 e. The van der Waals surface area contributed by atoms with Crippen LogP contribution in [0.25, 0.3) is 5.65 Å². The van der Waals surface area contributed by atoms with E-state index in [2.05, 4.69) is 22.1 Å². The third-order valence-corrected chi connectivity index (χ3v) is 6.04. The molecule has 3 aromatic rings. The minimum atomic E-state index is -0.0520. The number of aryl methyl sites for hydroxylation is 1. The molecule has 0 aliphatic heterocycles. The predicted molar refractivity (Wildman–Crippen MR) is 92.1 cm³/mol. The van der Waals surface area contributed by atoms with Crippen LogP contribution in [0.1, 0.15) is 18.2 Å².